The summed E-state index contributed by atoms with van der Waals surface area (Å²) in [7, 11) is 1.60. The van der Waals surface area contributed by atoms with Gasteiger partial charge in [0.2, 0.25) is 5.89 Å². The molecule has 3 heterocycles. The first-order valence-electron chi connectivity index (χ1n) is 8.84. The summed E-state index contributed by atoms with van der Waals surface area (Å²) in [6, 6.07) is 17.2. The van der Waals surface area contributed by atoms with Crippen molar-refractivity contribution in [2.75, 3.05) is 7.11 Å². The average Bonchev–Trinajstić information content (AvgIpc) is 3.41. The van der Waals surface area contributed by atoms with E-state index in [1.807, 2.05) is 24.3 Å². The van der Waals surface area contributed by atoms with Crippen LogP contribution in [0, 0.1) is 5.82 Å². The molecule has 3 aromatic heterocycles. The Labute approximate surface area is 173 Å². The van der Waals surface area contributed by atoms with E-state index in [0.717, 1.165) is 11.3 Å². The molecule has 0 radical (unpaired) electrons. The minimum atomic E-state index is -0.396. The Morgan fingerprint density at radius 2 is 1.77 bits per heavy atom. The summed E-state index contributed by atoms with van der Waals surface area (Å²) in [4.78, 5) is 0. The number of fused-ring (bicyclic) bond motifs is 1. The molecule has 0 fully saturated rings. The quantitative estimate of drug-likeness (QED) is 0.419. The fourth-order valence-electron chi connectivity index (χ4n) is 2.83. The summed E-state index contributed by atoms with van der Waals surface area (Å²) < 4.78 is 26.6. The molecule has 10 heteroatoms. The molecule has 0 aliphatic carbocycles. The van der Waals surface area contributed by atoms with Crippen LogP contribution in [0.4, 0.5) is 4.39 Å². The summed E-state index contributed by atoms with van der Waals surface area (Å²) in [5, 5.41) is 21.7. The number of aromatic nitrogens is 6. The highest BCUT2D eigenvalue weighted by Crippen LogP contribution is 2.29. The zero-order valence-electron chi connectivity index (χ0n) is 15.6. The molecule has 0 amide bonds. The predicted octanol–water partition coefficient (Wildman–Crippen LogP) is 4.14. The highest BCUT2D eigenvalue weighted by atomic mass is 32.2. The van der Waals surface area contributed by atoms with Gasteiger partial charge in [0, 0.05) is 5.56 Å². The van der Waals surface area contributed by atoms with Crippen LogP contribution in [-0.2, 0) is 0 Å². The topological polar surface area (TPSA) is 91.2 Å². The summed E-state index contributed by atoms with van der Waals surface area (Å²) >= 11 is 1.19. The van der Waals surface area contributed by atoms with Crippen LogP contribution in [0.5, 0.6) is 5.75 Å². The molecule has 0 N–H and O–H groups in total. The molecule has 5 rings (SSSR count). The van der Waals surface area contributed by atoms with Crippen molar-refractivity contribution in [3.63, 3.8) is 0 Å². The second-order valence-corrected chi connectivity index (χ2v) is 7.12. The lowest BCUT2D eigenvalue weighted by Crippen LogP contribution is -1.97. The summed E-state index contributed by atoms with van der Waals surface area (Å²) in [5.41, 5.74) is 1.60. The predicted molar refractivity (Wildman–Crippen MR) is 107 cm³/mol. The van der Waals surface area contributed by atoms with E-state index in [2.05, 4.69) is 25.5 Å². The standard InChI is InChI=1S/C20H13FN6O2S/c1-28-13-8-6-12(7-9-13)19-24-25-20(29-19)30-17-11-10-16-22-23-18(27(16)26-17)14-4-2-3-5-15(14)21/h2-11H,1H3. The lowest BCUT2D eigenvalue weighted by Gasteiger charge is -2.02. The van der Waals surface area contributed by atoms with Crippen LogP contribution in [0.3, 0.4) is 0 Å². The molecular formula is C20H13FN6O2S. The number of halogens is 1. The van der Waals surface area contributed by atoms with Crippen LogP contribution in [0.2, 0.25) is 0 Å². The van der Waals surface area contributed by atoms with Gasteiger partial charge in [-0.15, -0.1) is 20.4 Å². The van der Waals surface area contributed by atoms with Gasteiger partial charge in [-0.2, -0.15) is 9.61 Å². The van der Waals surface area contributed by atoms with Crippen molar-refractivity contribution in [2.24, 2.45) is 0 Å². The maximum absolute atomic E-state index is 14.2. The molecule has 0 atom stereocenters. The van der Waals surface area contributed by atoms with E-state index in [9.17, 15) is 4.39 Å². The van der Waals surface area contributed by atoms with Gasteiger partial charge in [-0.1, -0.05) is 12.1 Å². The number of methoxy groups -OCH3 is 1. The fourth-order valence-corrected chi connectivity index (χ4v) is 3.47. The molecule has 0 bridgehead atoms. The van der Waals surface area contributed by atoms with Gasteiger partial charge >= 0.3 is 0 Å². The zero-order valence-corrected chi connectivity index (χ0v) is 16.4. The van der Waals surface area contributed by atoms with Gasteiger partial charge in [0.05, 0.1) is 12.7 Å². The van der Waals surface area contributed by atoms with E-state index < -0.39 is 5.82 Å². The number of benzene rings is 2. The molecule has 2 aromatic carbocycles. The molecule has 30 heavy (non-hydrogen) atoms. The lowest BCUT2D eigenvalue weighted by atomic mass is 10.2. The molecular weight excluding hydrogens is 407 g/mol. The average molecular weight is 420 g/mol. The maximum Gasteiger partial charge on any atom is 0.283 e. The van der Waals surface area contributed by atoms with Crippen molar-refractivity contribution < 1.29 is 13.5 Å². The van der Waals surface area contributed by atoms with Crippen LogP contribution in [0.15, 0.2) is 75.3 Å². The fraction of sp³-hybridized carbons (Fsp3) is 0.0500. The zero-order chi connectivity index (χ0) is 20.5. The minimum absolute atomic E-state index is 0.315. The second-order valence-electron chi connectivity index (χ2n) is 6.15. The molecule has 0 aliphatic rings. The Bertz CT molecular complexity index is 1330. The van der Waals surface area contributed by atoms with E-state index in [1.54, 1.807) is 37.4 Å². The largest absolute Gasteiger partial charge is 0.497 e. The van der Waals surface area contributed by atoms with Crippen LogP contribution >= 0.6 is 11.8 Å². The molecule has 0 saturated carbocycles. The third kappa shape index (κ3) is 3.37. The third-order valence-electron chi connectivity index (χ3n) is 4.29. The van der Waals surface area contributed by atoms with E-state index in [4.69, 9.17) is 9.15 Å². The summed E-state index contributed by atoms with van der Waals surface area (Å²) in [6.07, 6.45) is 0. The number of hydrogen-bond acceptors (Lipinski definition) is 8. The molecule has 0 aliphatic heterocycles. The number of ether oxygens (including phenoxy) is 1. The van der Waals surface area contributed by atoms with Gasteiger partial charge in [-0.25, -0.2) is 4.39 Å². The van der Waals surface area contributed by atoms with Gasteiger partial charge in [0.25, 0.3) is 5.22 Å². The first-order chi connectivity index (χ1) is 14.7. The molecule has 0 saturated heterocycles. The lowest BCUT2D eigenvalue weighted by molar-refractivity contribution is 0.414. The van der Waals surface area contributed by atoms with Crippen LogP contribution in [0.25, 0.3) is 28.5 Å². The summed E-state index contributed by atoms with van der Waals surface area (Å²) in [6.45, 7) is 0. The van der Waals surface area contributed by atoms with Gasteiger partial charge in [0.15, 0.2) is 11.5 Å². The SMILES string of the molecule is COc1ccc(-c2nnc(Sc3ccc4nnc(-c5ccccc5F)n4n3)o2)cc1. The van der Waals surface area contributed by atoms with E-state index in [1.165, 1.54) is 22.3 Å². The Balaban J connectivity index is 1.44. The normalized spacial score (nSPS) is 11.1. The summed E-state index contributed by atoms with van der Waals surface area (Å²) in [5.74, 6) is 1.05. The van der Waals surface area contributed by atoms with Crippen LogP contribution < -0.4 is 4.74 Å². The second kappa shape index (κ2) is 7.56. The van der Waals surface area contributed by atoms with Crippen molar-refractivity contribution in [1.82, 2.24) is 30.0 Å². The van der Waals surface area contributed by atoms with Crippen LogP contribution in [-0.4, -0.2) is 37.1 Å². The van der Waals surface area contributed by atoms with Gasteiger partial charge in [-0.05, 0) is 60.3 Å². The monoisotopic (exact) mass is 420 g/mol. The van der Waals surface area contributed by atoms with Crippen molar-refractivity contribution in [1.29, 1.82) is 0 Å². The molecule has 0 unspecified atom stereocenters. The van der Waals surface area contributed by atoms with Crippen molar-refractivity contribution in [2.45, 2.75) is 10.2 Å². The van der Waals surface area contributed by atoms with E-state index in [0.29, 0.717) is 33.2 Å². The van der Waals surface area contributed by atoms with E-state index >= 15 is 0 Å². The molecule has 0 spiro atoms. The smallest absolute Gasteiger partial charge is 0.283 e. The van der Waals surface area contributed by atoms with Crippen LogP contribution in [0.1, 0.15) is 0 Å². The Morgan fingerprint density at radius 1 is 0.933 bits per heavy atom. The minimum Gasteiger partial charge on any atom is -0.497 e. The van der Waals surface area contributed by atoms with Crippen molar-refractivity contribution in [3.05, 3.63) is 66.5 Å². The Hall–Kier alpha value is -3.79. The maximum atomic E-state index is 14.2. The first kappa shape index (κ1) is 18.3. The third-order valence-corrected chi connectivity index (χ3v) is 5.05. The van der Waals surface area contributed by atoms with Gasteiger partial charge in [0.1, 0.15) is 16.6 Å². The van der Waals surface area contributed by atoms with Gasteiger partial charge in [-0.3, -0.25) is 0 Å². The number of hydrogen-bond donors (Lipinski definition) is 0. The first-order valence-corrected chi connectivity index (χ1v) is 9.66. The van der Waals surface area contributed by atoms with Gasteiger partial charge < -0.3 is 9.15 Å². The molecule has 148 valence electrons. The van der Waals surface area contributed by atoms with Crippen molar-refractivity contribution in [3.8, 4) is 28.6 Å². The van der Waals surface area contributed by atoms with Crippen molar-refractivity contribution >= 4 is 17.4 Å². The van der Waals surface area contributed by atoms with E-state index in [-0.39, 0.29) is 0 Å². The number of nitrogens with zero attached hydrogens (tertiary/aromatic N) is 6. The molecule has 5 aromatic rings. The number of rotatable bonds is 5. The highest BCUT2D eigenvalue weighted by molar-refractivity contribution is 7.99. The molecule has 8 nitrogen and oxygen atoms in total. The highest BCUT2D eigenvalue weighted by Gasteiger charge is 2.15. The Morgan fingerprint density at radius 3 is 2.57 bits per heavy atom. The Kier molecular flexibility index (Phi) is 4.60.